The number of rotatable bonds is 4. The molecule has 0 aliphatic carbocycles. The number of hydrogen-bond donors (Lipinski definition) is 1. The molecule has 0 fully saturated rings. The van der Waals surface area contributed by atoms with E-state index in [9.17, 15) is 4.79 Å². The fraction of sp³-hybridized carbons (Fsp3) is 0.308. The zero-order chi connectivity index (χ0) is 14.0. The summed E-state index contributed by atoms with van der Waals surface area (Å²) >= 11 is 4.97. The molecule has 0 aliphatic heterocycles. The summed E-state index contributed by atoms with van der Waals surface area (Å²) < 4.78 is 3.28. The van der Waals surface area contributed by atoms with Gasteiger partial charge in [-0.05, 0) is 18.1 Å². The summed E-state index contributed by atoms with van der Waals surface area (Å²) in [5.41, 5.74) is 6.10. The first-order valence-corrected chi connectivity index (χ1v) is 6.44. The topological polar surface area (TPSA) is 65.8 Å². The lowest BCUT2D eigenvalue weighted by Gasteiger charge is -2.11. The van der Waals surface area contributed by atoms with Gasteiger partial charge in [0.1, 0.15) is 4.99 Å². The van der Waals surface area contributed by atoms with Gasteiger partial charge in [0.25, 0.3) is 5.56 Å². The van der Waals surface area contributed by atoms with E-state index in [1.165, 1.54) is 0 Å². The Morgan fingerprint density at radius 1 is 1.47 bits per heavy atom. The summed E-state index contributed by atoms with van der Waals surface area (Å²) in [5, 5.41) is 0. The van der Waals surface area contributed by atoms with Crippen molar-refractivity contribution in [1.82, 2.24) is 14.1 Å². The molecule has 2 rings (SSSR count). The van der Waals surface area contributed by atoms with Gasteiger partial charge in [-0.1, -0.05) is 26.1 Å². The molecule has 0 unspecified atom stereocenters. The molecule has 0 bridgehead atoms. The van der Waals surface area contributed by atoms with E-state index < -0.39 is 0 Å². The van der Waals surface area contributed by atoms with Gasteiger partial charge in [-0.2, -0.15) is 0 Å². The molecular formula is C13H16N4OS. The van der Waals surface area contributed by atoms with Crippen LogP contribution in [0.4, 0.5) is 0 Å². The van der Waals surface area contributed by atoms with E-state index >= 15 is 0 Å². The van der Waals surface area contributed by atoms with E-state index in [1.807, 2.05) is 0 Å². The average molecular weight is 276 g/mol. The second-order valence-electron chi connectivity index (χ2n) is 4.73. The predicted molar refractivity (Wildman–Crippen MR) is 78.5 cm³/mol. The van der Waals surface area contributed by atoms with Crippen molar-refractivity contribution in [3.05, 3.63) is 46.8 Å². The Bertz CT molecular complexity index is 657. The van der Waals surface area contributed by atoms with Crippen LogP contribution >= 0.6 is 12.2 Å². The maximum absolute atomic E-state index is 12.4. The molecule has 0 spiro atoms. The fourth-order valence-corrected chi connectivity index (χ4v) is 2.07. The predicted octanol–water partition coefficient (Wildman–Crippen LogP) is 1.32. The highest BCUT2D eigenvalue weighted by Crippen LogP contribution is 2.07. The van der Waals surface area contributed by atoms with Crippen LogP contribution in [0.15, 0.2) is 35.5 Å². The molecule has 0 saturated carbocycles. The zero-order valence-corrected chi connectivity index (χ0v) is 11.7. The number of aromatic nitrogens is 3. The first kappa shape index (κ1) is 13.5. The molecule has 2 aromatic heterocycles. The molecule has 0 atom stereocenters. The van der Waals surface area contributed by atoms with Crippen LogP contribution in [-0.2, 0) is 6.54 Å². The van der Waals surface area contributed by atoms with Crippen LogP contribution < -0.4 is 11.3 Å². The van der Waals surface area contributed by atoms with Crippen molar-refractivity contribution in [3.63, 3.8) is 0 Å². The summed E-state index contributed by atoms with van der Waals surface area (Å²) in [6, 6.07) is 3.55. The Hall–Kier alpha value is -1.95. The molecule has 0 aliphatic rings. The maximum atomic E-state index is 12.4. The molecule has 2 heterocycles. The molecule has 19 heavy (non-hydrogen) atoms. The number of nitrogens with zero attached hydrogens (tertiary/aromatic N) is 3. The summed E-state index contributed by atoms with van der Waals surface area (Å²) in [7, 11) is 0. The van der Waals surface area contributed by atoms with Crippen LogP contribution in [0.1, 0.15) is 19.5 Å². The number of nitrogens with two attached hydrogens (primary N) is 1. The summed E-state index contributed by atoms with van der Waals surface area (Å²) in [6.07, 6.45) is 5.04. The summed E-state index contributed by atoms with van der Waals surface area (Å²) in [6.45, 7) is 4.77. The molecule has 6 heteroatoms. The SMILES string of the molecule is CC(C)Cn1ccnc(-n2cccc2C(N)=S)c1=O. The largest absolute Gasteiger partial charge is 0.388 e. The zero-order valence-electron chi connectivity index (χ0n) is 10.9. The second kappa shape index (κ2) is 5.36. The first-order chi connectivity index (χ1) is 9.00. The van der Waals surface area contributed by atoms with Crippen LogP contribution in [-0.4, -0.2) is 19.1 Å². The van der Waals surface area contributed by atoms with Gasteiger partial charge in [0.05, 0.1) is 5.69 Å². The third-order valence-corrected chi connectivity index (χ3v) is 2.90. The highest BCUT2D eigenvalue weighted by molar-refractivity contribution is 7.80. The standard InChI is InChI=1S/C13H16N4OS/c1-9(2)8-16-7-5-15-12(13(16)18)17-6-3-4-10(17)11(14)19/h3-7,9H,8H2,1-2H3,(H2,14,19). The quantitative estimate of drug-likeness (QED) is 0.855. The van der Waals surface area contributed by atoms with Crippen LogP contribution in [0, 0.1) is 5.92 Å². The molecule has 0 saturated heterocycles. The van der Waals surface area contributed by atoms with Crippen LogP contribution in [0.3, 0.4) is 0 Å². The van der Waals surface area contributed by atoms with Crippen LogP contribution in [0.2, 0.25) is 0 Å². The molecule has 2 N–H and O–H groups in total. The van der Waals surface area contributed by atoms with E-state index in [1.54, 1.807) is 39.9 Å². The van der Waals surface area contributed by atoms with Gasteiger partial charge in [-0.15, -0.1) is 0 Å². The van der Waals surface area contributed by atoms with Gasteiger partial charge >= 0.3 is 0 Å². The highest BCUT2D eigenvalue weighted by Gasteiger charge is 2.12. The summed E-state index contributed by atoms with van der Waals surface area (Å²) in [4.78, 5) is 16.8. The van der Waals surface area contributed by atoms with Gasteiger partial charge in [0.2, 0.25) is 5.82 Å². The van der Waals surface area contributed by atoms with Crippen molar-refractivity contribution in [2.45, 2.75) is 20.4 Å². The van der Waals surface area contributed by atoms with Crippen LogP contribution in [0.25, 0.3) is 5.82 Å². The third-order valence-electron chi connectivity index (χ3n) is 2.69. The number of hydrogen-bond acceptors (Lipinski definition) is 3. The molecule has 2 aromatic rings. The van der Waals surface area contributed by atoms with Gasteiger partial charge in [-0.25, -0.2) is 4.98 Å². The van der Waals surface area contributed by atoms with Crippen molar-refractivity contribution in [2.75, 3.05) is 0 Å². The minimum Gasteiger partial charge on any atom is -0.388 e. The van der Waals surface area contributed by atoms with E-state index in [4.69, 9.17) is 18.0 Å². The molecule has 0 aromatic carbocycles. The van der Waals surface area contributed by atoms with Crippen LogP contribution in [0.5, 0.6) is 0 Å². The molecular weight excluding hydrogens is 260 g/mol. The second-order valence-corrected chi connectivity index (χ2v) is 5.17. The van der Waals surface area contributed by atoms with Gasteiger partial charge in [-0.3, -0.25) is 9.36 Å². The van der Waals surface area contributed by atoms with E-state index in [0.29, 0.717) is 24.0 Å². The average Bonchev–Trinajstić information content (AvgIpc) is 2.80. The third kappa shape index (κ3) is 2.73. The summed E-state index contributed by atoms with van der Waals surface area (Å²) in [5.74, 6) is 0.698. The monoisotopic (exact) mass is 276 g/mol. The van der Waals surface area contributed by atoms with Crippen molar-refractivity contribution in [1.29, 1.82) is 0 Å². The Morgan fingerprint density at radius 2 is 2.21 bits per heavy atom. The van der Waals surface area contributed by atoms with Gasteiger partial charge < -0.3 is 10.3 Å². The Labute approximate surface area is 116 Å². The maximum Gasteiger partial charge on any atom is 0.294 e. The van der Waals surface area contributed by atoms with Gasteiger partial charge in [0.15, 0.2) is 0 Å². The normalized spacial score (nSPS) is 10.9. The van der Waals surface area contributed by atoms with Crippen molar-refractivity contribution in [2.24, 2.45) is 11.7 Å². The van der Waals surface area contributed by atoms with Gasteiger partial charge in [0, 0.05) is 25.1 Å². The Morgan fingerprint density at radius 3 is 2.84 bits per heavy atom. The van der Waals surface area contributed by atoms with Crippen molar-refractivity contribution in [3.8, 4) is 5.82 Å². The molecule has 100 valence electrons. The fourth-order valence-electron chi connectivity index (χ4n) is 1.90. The lowest BCUT2D eigenvalue weighted by Crippen LogP contribution is -2.28. The minimum atomic E-state index is -0.148. The van der Waals surface area contributed by atoms with E-state index in [-0.39, 0.29) is 10.5 Å². The highest BCUT2D eigenvalue weighted by atomic mass is 32.1. The first-order valence-electron chi connectivity index (χ1n) is 6.03. The molecule has 5 nitrogen and oxygen atoms in total. The van der Waals surface area contributed by atoms with Crippen molar-refractivity contribution < 1.29 is 0 Å². The lowest BCUT2D eigenvalue weighted by atomic mass is 10.2. The Balaban J connectivity index is 2.54. The molecule has 0 radical (unpaired) electrons. The van der Waals surface area contributed by atoms with E-state index in [2.05, 4.69) is 18.8 Å². The van der Waals surface area contributed by atoms with Crippen molar-refractivity contribution >= 4 is 17.2 Å². The minimum absolute atomic E-state index is 0.148. The van der Waals surface area contributed by atoms with E-state index in [0.717, 1.165) is 0 Å². The number of thiocarbonyl (C=S) groups is 1. The Kier molecular flexibility index (Phi) is 3.80. The lowest BCUT2D eigenvalue weighted by molar-refractivity contribution is 0.507. The molecule has 0 amide bonds. The smallest absolute Gasteiger partial charge is 0.294 e.